The lowest BCUT2D eigenvalue weighted by atomic mass is 9.88. The molecule has 0 atom stereocenters. The third kappa shape index (κ3) is 11.1. The van der Waals surface area contributed by atoms with E-state index in [-0.39, 0.29) is 0 Å². The summed E-state index contributed by atoms with van der Waals surface area (Å²) in [6, 6.07) is 152. The van der Waals surface area contributed by atoms with E-state index in [9.17, 15) is 0 Å². The normalized spacial score (nSPS) is 11.9. The Labute approximate surface area is 707 Å². The third-order valence-electron chi connectivity index (χ3n) is 25.8. The molecule has 21 aromatic carbocycles. The van der Waals surface area contributed by atoms with Gasteiger partial charge in [-0.1, -0.05) is 303 Å². The van der Waals surface area contributed by atoms with E-state index in [0.717, 1.165) is 17.1 Å². The Morgan fingerprint density at radius 3 is 0.780 bits per heavy atom. The van der Waals surface area contributed by atoms with Gasteiger partial charge in [-0.15, -0.1) is 0 Å². The van der Waals surface area contributed by atoms with Crippen molar-refractivity contribution >= 4 is 162 Å². The average Bonchev–Trinajstić information content (AvgIpc) is 1.73. The average molecular weight is 1560 g/mol. The quantitative estimate of drug-likeness (QED) is 0.135. The number of nitrogens with zero attached hydrogens (tertiary/aromatic N) is 6. The highest BCUT2D eigenvalue weighted by molar-refractivity contribution is 6.31. The Morgan fingerprint density at radius 1 is 0.146 bits per heavy atom. The minimum Gasteiger partial charge on any atom is -0.309 e. The molecule has 0 N–H and O–H groups in total. The Kier molecular flexibility index (Phi) is 15.9. The summed E-state index contributed by atoms with van der Waals surface area (Å²) in [5.41, 5.74) is 24.8. The van der Waals surface area contributed by atoms with Gasteiger partial charge in [-0.2, -0.15) is 0 Å². The van der Waals surface area contributed by atoms with Gasteiger partial charge in [-0.3, -0.25) is 15.0 Å². The van der Waals surface area contributed by atoms with E-state index in [0.29, 0.717) is 0 Å². The molecule has 0 bridgehead atoms. The molecule has 0 saturated heterocycles. The SMILES string of the molecule is c1ccc(-c2ccc3ccc4c(-c5ccc(-n6c7ccccc7c7ccccc76)cc5)ccc5ccc2c3c54)nc1.c1ccc(-c2ccc3ccc4c(-c5cccc(-n6c7ccccc7c7ccccc76)c5)ccc5ccc2c3c54)nc1.c1ccc(-n2c3ccccc3c3cc(-c4ccc5ccc6c(-c7ccccn7)ccc7ccc4c5c76)ccc32)cc1. The van der Waals surface area contributed by atoms with Crippen molar-refractivity contribution in [1.82, 2.24) is 28.7 Å². The zero-order chi connectivity index (χ0) is 80.7. The first-order valence-corrected chi connectivity index (χ1v) is 42.2. The Bertz CT molecular complexity index is 8740. The third-order valence-corrected chi connectivity index (χ3v) is 25.8. The van der Waals surface area contributed by atoms with Crippen molar-refractivity contribution < 1.29 is 0 Å². The standard InChI is InChI=1S/3C39H24N2/c1-3-13-36-31(10-1)32-11-2-4-14-37(32)41(36)28-9-7-8-27(24-28)29-19-15-25-18-22-34-30(35-12-5-6-23-40-35)20-16-26-17-21-33(29)38(25)39(26)34;1-3-10-36-31(7-1)32-8-2-4-11-37(32)41(36)28-18-12-25(13-19-28)29-20-14-26-17-23-34-30(35-9-5-6-24-40-35)21-15-27-16-22-33(29)38(26)39(27)34;1-2-8-28(9-3-1)41-36-12-5-4-10-31(36)34-24-27(17-22-37(34)41)29-18-13-25-16-21-33-30(35-11-6-7-23-40-35)19-14-26-15-20-32(29)38(25)39(26)33/h3*1-24H. The van der Waals surface area contributed by atoms with Crippen LogP contribution >= 0.6 is 0 Å². The molecule has 6 nitrogen and oxygen atoms in total. The van der Waals surface area contributed by atoms with E-state index < -0.39 is 0 Å². The van der Waals surface area contributed by atoms with Crippen LogP contribution in [0.2, 0.25) is 0 Å². The second-order valence-corrected chi connectivity index (χ2v) is 32.3. The largest absolute Gasteiger partial charge is 0.309 e. The number of hydrogen-bond acceptors (Lipinski definition) is 3. The van der Waals surface area contributed by atoms with Crippen LogP contribution in [-0.2, 0) is 0 Å². The van der Waals surface area contributed by atoms with Crippen molar-refractivity contribution in [3.05, 3.63) is 437 Å². The van der Waals surface area contributed by atoms with Gasteiger partial charge in [0.05, 0.1) is 50.2 Å². The molecule has 0 spiro atoms. The van der Waals surface area contributed by atoms with E-state index in [2.05, 4.69) is 429 Å². The molecule has 6 aromatic heterocycles. The lowest BCUT2D eigenvalue weighted by Gasteiger charge is -2.17. The molecule has 27 rings (SSSR count). The molecule has 0 aliphatic heterocycles. The highest BCUT2D eigenvalue weighted by Crippen LogP contribution is 2.48. The summed E-state index contributed by atoms with van der Waals surface area (Å²) in [6.07, 6.45) is 5.61. The van der Waals surface area contributed by atoms with Crippen molar-refractivity contribution in [2.75, 3.05) is 0 Å². The predicted octanol–water partition coefficient (Wildman–Crippen LogP) is 31.2. The summed E-state index contributed by atoms with van der Waals surface area (Å²) in [4.78, 5) is 14.0. The molecule has 6 heterocycles. The number of hydrogen-bond donors (Lipinski definition) is 0. The second-order valence-electron chi connectivity index (χ2n) is 32.3. The van der Waals surface area contributed by atoms with Gasteiger partial charge in [0.15, 0.2) is 0 Å². The van der Waals surface area contributed by atoms with Gasteiger partial charge in [0.25, 0.3) is 0 Å². The van der Waals surface area contributed by atoms with Gasteiger partial charge >= 0.3 is 0 Å². The fourth-order valence-electron chi connectivity index (χ4n) is 20.4. The number of para-hydroxylation sites is 6. The smallest absolute Gasteiger partial charge is 0.0708 e. The summed E-state index contributed by atoms with van der Waals surface area (Å²) >= 11 is 0. The Morgan fingerprint density at radius 2 is 0.415 bits per heavy atom. The van der Waals surface area contributed by atoms with Crippen molar-refractivity contribution in [2.45, 2.75) is 0 Å². The van der Waals surface area contributed by atoms with Crippen LogP contribution in [0, 0.1) is 0 Å². The van der Waals surface area contributed by atoms with Crippen LogP contribution in [0.15, 0.2) is 437 Å². The van der Waals surface area contributed by atoms with Gasteiger partial charge in [-0.25, -0.2) is 0 Å². The van der Waals surface area contributed by atoms with Crippen LogP contribution in [0.4, 0.5) is 0 Å². The second kappa shape index (κ2) is 28.1. The molecule has 27 aromatic rings. The molecule has 0 fully saturated rings. The van der Waals surface area contributed by atoms with E-state index in [1.54, 1.807) is 0 Å². The van der Waals surface area contributed by atoms with E-state index >= 15 is 0 Å². The maximum Gasteiger partial charge on any atom is 0.0708 e. The maximum atomic E-state index is 4.67. The highest BCUT2D eigenvalue weighted by Gasteiger charge is 2.23. The van der Waals surface area contributed by atoms with Crippen LogP contribution in [0.3, 0.4) is 0 Å². The van der Waals surface area contributed by atoms with Crippen molar-refractivity contribution in [3.63, 3.8) is 0 Å². The summed E-state index contributed by atoms with van der Waals surface area (Å²) in [6.45, 7) is 0. The number of aromatic nitrogens is 6. The van der Waals surface area contributed by atoms with Crippen LogP contribution in [-0.4, -0.2) is 28.7 Å². The molecule has 0 unspecified atom stereocenters. The molecule has 0 amide bonds. The minimum absolute atomic E-state index is 1.00. The van der Waals surface area contributed by atoms with E-state index in [1.165, 1.54) is 230 Å². The Hall–Kier alpha value is -16.4. The van der Waals surface area contributed by atoms with Gasteiger partial charge in [0.1, 0.15) is 0 Å². The van der Waals surface area contributed by atoms with Crippen LogP contribution in [0.5, 0.6) is 0 Å². The van der Waals surface area contributed by atoms with Crippen molar-refractivity contribution in [1.29, 1.82) is 0 Å². The van der Waals surface area contributed by atoms with Crippen LogP contribution < -0.4 is 0 Å². The fourth-order valence-corrected chi connectivity index (χ4v) is 20.4. The lowest BCUT2D eigenvalue weighted by molar-refractivity contribution is 1.18. The van der Waals surface area contributed by atoms with Gasteiger partial charge in [0, 0.05) is 84.7 Å². The zero-order valence-electron chi connectivity index (χ0n) is 66.8. The molecular weight excluding hydrogens is 1490 g/mol. The topological polar surface area (TPSA) is 53.5 Å². The van der Waals surface area contributed by atoms with Gasteiger partial charge in [0.2, 0.25) is 0 Å². The number of fused-ring (bicyclic) bond motifs is 9. The van der Waals surface area contributed by atoms with Crippen molar-refractivity contribution in [3.8, 4) is 84.2 Å². The number of pyridine rings is 3. The molecule has 0 radical (unpaired) electrons. The fraction of sp³-hybridized carbons (Fsp3) is 0. The van der Waals surface area contributed by atoms with Gasteiger partial charge in [-0.05, 0) is 246 Å². The van der Waals surface area contributed by atoms with Crippen molar-refractivity contribution in [2.24, 2.45) is 0 Å². The predicted molar refractivity (Wildman–Crippen MR) is 519 cm³/mol. The molecular formula is C117H72N6. The highest BCUT2D eigenvalue weighted by atomic mass is 15.0. The molecule has 0 aliphatic carbocycles. The first-order valence-electron chi connectivity index (χ1n) is 42.2. The lowest BCUT2D eigenvalue weighted by Crippen LogP contribution is -1.94. The number of rotatable bonds is 9. The number of benzene rings is 21. The molecule has 570 valence electrons. The maximum absolute atomic E-state index is 4.67. The molecule has 123 heavy (non-hydrogen) atoms. The minimum atomic E-state index is 1.00. The molecule has 6 heteroatoms. The molecule has 0 saturated carbocycles. The zero-order valence-corrected chi connectivity index (χ0v) is 66.8. The van der Waals surface area contributed by atoms with Gasteiger partial charge < -0.3 is 13.7 Å². The Balaban J connectivity index is 0.000000101. The summed E-state index contributed by atoms with van der Waals surface area (Å²) in [5.74, 6) is 0. The first-order chi connectivity index (χ1) is 61.0. The van der Waals surface area contributed by atoms with E-state index in [4.69, 9.17) is 0 Å². The first kappa shape index (κ1) is 69.7. The van der Waals surface area contributed by atoms with Crippen LogP contribution in [0.25, 0.3) is 247 Å². The van der Waals surface area contributed by atoms with E-state index in [1.807, 2.05) is 36.8 Å². The van der Waals surface area contributed by atoms with Crippen LogP contribution in [0.1, 0.15) is 0 Å². The summed E-state index contributed by atoms with van der Waals surface area (Å²) < 4.78 is 7.14. The summed E-state index contributed by atoms with van der Waals surface area (Å²) in [5, 5.41) is 30.7. The monoisotopic (exact) mass is 1560 g/mol. The summed E-state index contributed by atoms with van der Waals surface area (Å²) in [7, 11) is 0. The molecule has 0 aliphatic rings.